The molecule has 116 valence electrons. The molecule has 1 rings (SSSR count). The maximum Gasteiger partial charge on any atom is 0.114 e. The van der Waals surface area contributed by atoms with Crippen LogP contribution in [0.5, 0.6) is 0 Å². The molecule has 0 spiro atoms. The number of rotatable bonds is 10. The number of unbranched alkanes of at least 4 members (excludes halogenated alkanes) is 2. The van der Waals surface area contributed by atoms with E-state index in [1.54, 1.807) is 0 Å². The molecule has 0 atom stereocenters. The average molecular weight is 410 g/mol. The Labute approximate surface area is 140 Å². The average Bonchev–Trinajstić information content (AvgIpc) is 2.50. The third-order valence-corrected chi connectivity index (χ3v) is 5.20. The predicted octanol–water partition coefficient (Wildman–Crippen LogP) is 5.01. The van der Waals surface area contributed by atoms with Gasteiger partial charge in [0.1, 0.15) is 11.2 Å². The molecule has 0 saturated carbocycles. The molecule has 0 bridgehead atoms. The molecular formula is C16H26Br2O2. The Morgan fingerprint density at radius 2 is 1.10 bits per heavy atom. The van der Waals surface area contributed by atoms with Gasteiger partial charge >= 0.3 is 0 Å². The zero-order chi connectivity index (χ0) is 14.9. The first-order chi connectivity index (χ1) is 9.66. The fourth-order valence-corrected chi connectivity index (χ4v) is 3.01. The molecule has 1 aliphatic rings. The maximum absolute atomic E-state index is 6.03. The highest BCUT2D eigenvalue weighted by atomic mass is 79.9. The van der Waals surface area contributed by atoms with E-state index >= 15 is 0 Å². The molecule has 0 aliphatic heterocycles. The summed E-state index contributed by atoms with van der Waals surface area (Å²) < 4.78 is 12.1. The third kappa shape index (κ3) is 5.28. The van der Waals surface area contributed by atoms with E-state index in [1.165, 1.54) is 0 Å². The molecule has 4 heteroatoms. The highest BCUT2D eigenvalue weighted by molar-refractivity contribution is 9.09. The molecule has 0 heterocycles. The van der Waals surface area contributed by atoms with Crippen molar-refractivity contribution in [1.82, 2.24) is 0 Å². The van der Waals surface area contributed by atoms with E-state index in [0.717, 1.165) is 49.6 Å². The van der Waals surface area contributed by atoms with Crippen LogP contribution in [-0.4, -0.2) is 35.1 Å². The van der Waals surface area contributed by atoms with Gasteiger partial charge in [-0.2, -0.15) is 0 Å². The molecule has 0 aromatic carbocycles. The van der Waals surface area contributed by atoms with Gasteiger partial charge in [-0.3, -0.25) is 0 Å². The summed E-state index contributed by atoms with van der Waals surface area (Å²) >= 11 is 7.13. The van der Waals surface area contributed by atoms with Gasteiger partial charge in [-0.05, 0) is 37.1 Å². The summed E-state index contributed by atoms with van der Waals surface area (Å²) in [5, 5.41) is 1.54. The maximum atomic E-state index is 6.03. The van der Waals surface area contributed by atoms with Crippen molar-refractivity contribution >= 4 is 31.9 Å². The van der Waals surface area contributed by atoms with Crippen LogP contribution in [0.3, 0.4) is 0 Å². The lowest BCUT2D eigenvalue weighted by atomic mass is 9.91. The predicted molar refractivity (Wildman–Crippen MR) is 93.1 cm³/mol. The van der Waals surface area contributed by atoms with Gasteiger partial charge < -0.3 is 9.47 Å². The van der Waals surface area contributed by atoms with Crippen LogP contribution < -0.4 is 0 Å². The zero-order valence-corrected chi connectivity index (χ0v) is 15.7. The monoisotopic (exact) mass is 408 g/mol. The lowest BCUT2D eigenvalue weighted by Crippen LogP contribution is -2.39. The molecule has 0 saturated heterocycles. The highest BCUT2D eigenvalue weighted by Crippen LogP contribution is 2.30. The Bertz CT molecular complexity index is 282. The summed E-state index contributed by atoms with van der Waals surface area (Å²) in [4.78, 5) is 0. The molecule has 0 radical (unpaired) electrons. The Morgan fingerprint density at radius 3 is 1.35 bits per heavy atom. The molecule has 0 aromatic rings. The van der Waals surface area contributed by atoms with Crippen molar-refractivity contribution in [3.05, 3.63) is 24.3 Å². The van der Waals surface area contributed by atoms with Gasteiger partial charge in [0.05, 0.1) is 0 Å². The van der Waals surface area contributed by atoms with E-state index in [-0.39, 0.29) is 11.2 Å². The van der Waals surface area contributed by atoms with Crippen molar-refractivity contribution in [3.8, 4) is 0 Å². The smallest absolute Gasteiger partial charge is 0.114 e. The van der Waals surface area contributed by atoms with Crippen LogP contribution in [-0.2, 0) is 9.47 Å². The van der Waals surface area contributed by atoms with Crippen molar-refractivity contribution in [2.45, 2.75) is 50.7 Å². The number of halogens is 2. The largest absolute Gasteiger partial charge is 0.366 e. The van der Waals surface area contributed by atoms with Gasteiger partial charge in [-0.25, -0.2) is 0 Å². The molecule has 0 aromatic heterocycles. The van der Waals surface area contributed by atoms with E-state index in [2.05, 4.69) is 70.0 Å². The summed E-state index contributed by atoms with van der Waals surface area (Å²) in [5.41, 5.74) is -0.649. The van der Waals surface area contributed by atoms with Crippen LogP contribution in [0, 0.1) is 0 Å². The third-order valence-electron chi connectivity index (χ3n) is 3.45. The Morgan fingerprint density at radius 1 is 0.750 bits per heavy atom. The first-order valence-electron chi connectivity index (χ1n) is 7.46. The van der Waals surface area contributed by atoms with Crippen molar-refractivity contribution in [2.24, 2.45) is 0 Å². The summed E-state index contributed by atoms with van der Waals surface area (Å²) in [5.74, 6) is 0. The van der Waals surface area contributed by atoms with Crippen LogP contribution in [0.1, 0.15) is 39.5 Å². The van der Waals surface area contributed by atoms with Gasteiger partial charge in [-0.1, -0.05) is 58.5 Å². The summed E-state index contributed by atoms with van der Waals surface area (Å²) in [6.45, 7) is 5.92. The van der Waals surface area contributed by atoms with Gasteiger partial charge in [-0.15, -0.1) is 0 Å². The summed E-state index contributed by atoms with van der Waals surface area (Å²) in [7, 11) is 0. The number of hydrogen-bond acceptors (Lipinski definition) is 2. The molecule has 20 heavy (non-hydrogen) atoms. The summed E-state index contributed by atoms with van der Waals surface area (Å²) in [6, 6.07) is 0. The van der Waals surface area contributed by atoms with E-state index < -0.39 is 0 Å². The van der Waals surface area contributed by atoms with Crippen LogP contribution >= 0.6 is 31.9 Å². The Hall–Kier alpha value is 0.360. The number of hydrogen-bond donors (Lipinski definition) is 0. The van der Waals surface area contributed by atoms with Crippen LogP contribution in [0.4, 0.5) is 0 Å². The minimum Gasteiger partial charge on any atom is -0.366 e. The highest BCUT2D eigenvalue weighted by Gasteiger charge is 2.33. The second kappa shape index (κ2) is 9.39. The lowest BCUT2D eigenvalue weighted by molar-refractivity contribution is 0.0191. The Kier molecular flexibility index (Phi) is 8.64. The van der Waals surface area contributed by atoms with Crippen LogP contribution in [0.15, 0.2) is 24.3 Å². The van der Waals surface area contributed by atoms with E-state index in [1.807, 2.05) is 0 Å². The lowest BCUT2D eigenvalue weighted by Gasteiger charge is -2.35. The summed E-state index contributed by atoms with van der Waals surface area (Å²) in [6.07, 6.45) is 13.0. The van der Waals surface area contributed by atoms with E-state index in [0.29, 0.717) is 0 Å². The quantitative estimate of drug-likeness (QED) is 0.286. The van der Waals surface area contributed by atoms with Gasteiger partial charge in [0.25, 0.3) is 0 Å². The minimum atomic E-state index is -0.324. The van der Waals surface area contributed by atoms with Crippen LogP contribution in [0.25, 0.3) is 0 Å². The standard InChI is InChI=1S/C16H26Br2O2/c1-3-5-11-19-15(13-17)7-9-16(14-18,10-8-15)20-12-6-4-2/h7-10H,3-6,11-14H2,1-2H3. The van der Waals surface area contributed by atoms with Crippen LogP contribution in [0.2, 0.25) is 0 Å². The van der Waals surface area contributed by atoms with Gasteiger partial charge in [0.2, 0.25) is 0 Å². The molecule has 1 aliphatic carbocycles. The molecule has 2 nitrogen and oxygen atoms in total. The fourth-order valence-electron chi connectivity index (χ4n) is 1.94. The molecule has 0 N–H and O–H groups in total. The van der Waals surface area contributed by atoms with E-state index in [9.17, 15) is 0 Å². The fraction of sp³-hybridized carbons (Fsp3) is 0.750. The van der Waals surface area contributed by atoms with E-state index in [4.69, 9.17) is 9.47 Å². The molecule has 0 unspecified atom stereocenters. The Balaban J connectivity index is 2.65. The second-order valence-electron chi connectivity index (χ2n) is 5.25. The van der Waals surface area contributed by atoms with Gasteiger partial charge in [0.15, 0.2) is 0 Å². The van der Waals surface area contributed by atoms with Crippen molar-refractivity contribution in [2.75, 3.05) is 23.9 Å². The minimum absolute atomic E-state index is 0.324. The first kappa shape index (κ1) is 18.4. The molecular weight excluding hydrogens is 384 g/mol. The zero-order valence-electron chi connectivity index (χ0n) is 12.5. The van der Waals surface area contributed by atoms with Crippen molar-refractivity contribution in [1.29, 1.82) is 0 Å². The molecule has 0 amide bonds. The van der Waals surface area contributed by atoms with Crippen molar-refractivity contribution < 1.29 is 9.47 Å². The topological polar surface area (TPSA) is 18.5 Å². The van der Waals surface area contributed by atoms with Gasteiger partial charge in [0, 0.05) is 23.9 Å². The number of alkyl halides is 2. The SMILES string of the molecule is CCCCOC1(CBr)C=CC(CBr)(OCCCC)C=C1. The first-order valence-corrected chi connectivity index (χ1v) is 9.71. The molecule has 0 fully saturated rings. The second-order valence-corrected chi connectivity index (χ2v) is 6.37. The normalized spacial score (nSPS) is 29.0. The number of ether oxygens (including phenoxy) is 2. The van der Waals surface area contributed by atoms with Crippen molar-refractivity contribution in [3.63, 3.8) is 0 Å².